The molecule has 0 fully saturated rings. The minimum atomic E-state index is -0.130. The second-order valence-electron chi connectivity index (χ2n) is 3.58. The van der Waals surface area contributed by atoms with Crippen LogP contribution in [0.5, 0.6) is 0 Å². The zero-order chi connectivity index (χ0) is 12.4. The van der Waals surface area contributed by atoms with E-state index in [0.29, 0.717) is 26.9 Å². The van der Waals surface area contributed by atoms with Gasteiger partial charge in [0.2, 0.25) is 0 Å². The number of nitrogen functional groups attached to an aromatic ring is 1. The van der Waals surface area contributed by atoms with Crippen LogP contribution in [0.25, 0.3) is 0 Å². The molecule has 0 saturated heterocycles. The first-order valence-electron chi connectivity index (χ1n) is 4.93. The standard InChI is InChI=1S/C13H9Cl2NO/c14-10-3-1-2-8(6-10)13(17)9-4-5-12(16)11(15)7-9/h1-7H,16H2. The lowest BCUT2D eigenvalue weighted by atomic mass is 10.0. The molecule has 0 aromatic heterocycles. The van der Waals surface area contributed by atoms with Gasteiger partial charge in [-0.15, -0.1) is 0 Å². The van der Waals surface area contributed by atoms with Crippen LogP contribution in [0.15, 0.2) is 42.5 Å². The highest BCUT2D eigenvalue weighted by Gasteiger charge is 2.10. The summed E-state index contributed by atoms with van der Waals surface area (Å²) in [6.07, 6.45) is 0. The Morgan fingerprint density at radius 3 is 2.35 bits per heavy atom. The maximum absolute atomic E-state index is 12.1. The van der Waals surface area contributed by atoms with E-state index < -0.39 is 0 Å². The number of carbonyl (C=O) groups excluding carboxylic acids is 1. The summed E-state index contributed by atoms with van der Waals surface area (Å²) in [6, 6.07) is 11.6. The van der Waals surface area contributed by atoms with Gasteiger partial charge >= 0.3 is 0 Å². The molecule has 2 aromatic carbocycles. The number of nitrogens with two attached hydrogens (primary N) is 1. The summed E-state index contributed by atoms with van der Waals surface area (Å²) in [6.45, 7) is 0. The summed E-state index contributed by atoms with van der Waals surface area (Å²) < 4.78 is 0. The third-order valence-corrected chi connectivity index (χ3v) is 2.91. The average molecular weight is 266 g/mol. The molecule has 0 heterocycles. The largest absolute Gasteiger partial charge is 0.398 e. The molecule has 2 nitrogen and oxygen atoms in total. The fraction of sp³-hybridized carbons (Fsp3) is 0. The molecule has 2 aromatic rings. The van der Waals surface area contributed by atoms with E-state index in [4.69, 9.17) is 28.9 Å². The minimum absolute atomic E-state index is 0.130. The molecule has 86 valence electrons. The summed E-state index contributed by atoms with van der Waals surface area (Å²) in [4.78, 5) is 12.1. The van der Waals surface area contributed by atoms with Crippen LogP contribution in [0.1, 0.15) is 15.9 Å². The van der Waals surface area contributed by atoms with E-state index in [-0.39, 0.29) is 5.78 Å². The van der Waals surface area contributed by atoms with Gasteiger partial charge in [0.1, 0.15) is 0 Å². The molecule has 0 unspecified atom stereocenters. The van der Waals surface area contributed by atoms with Crippen molar-refractivity contribution < 1.29 is 4.79 Å². The van der Waals surface area contributed by atoms with Gasteiger partial charge < -0.3 is 5.73 Å². The average Bonchev–Trinajstić information content (AvgIpc) is 2.32. The van der Waals surface area contributed by atoms with E-state index >= 15 is 0 Å². The third-order valence-electron chi connectivity index (χ3n) is 2.35. The maximum Gasteiger partial charge on any atom is 0.193 e. The van der Waals surface area contributed by atoms with Crippen LogP contribution in [-0.4, -0.2) is 5.78 Å². The highest BCUT2D eigenvalue weighted by molar-refractivity contribution is 6.33. The molecule has 0 saturated carbocycles. The normalized spacial score (nSPS) is 10.2. The van der Waals surface area contributed by atoms with Crippen LogP contribution < -0.4 is 5.73 Å². The van der Waals surface area contributed by atoms with Gasteiger partial charge in [0.05, 0.1) is 10.7 Å². The Hall–Kier alpha value is -1.51. The first-order valence-corrected chi connectivity index (χ1v) is 5.69. The van der Waals surface area contributed by atoms with E-state index in [1.54, 1.807) is 42.5 Å². The molecule has 0 amide bonds. The number of halogens is 2. The Kier molecular flexibility index (Phi) is 3.36. The van der Waals surface area contributed by atoms with Crippen molar-refractivity contribution in [2.24, 2.45) is 0 Å². The van der Waals surface area contributed by atoms with Crippen LogP contribution in [0.4, 0.5) is 5.69 Å². The Balaban J connectivity index is 2.40. The molecule has 0 radical (unpaired) electrons. The van der Waals surface area contributed by atoms with Crippen molar-refractivity contribution in [3.05, 3.63) is 63.6 Å². The van der Waals surface area contributed by atoms with Crippen molar-refractivity contribution in [1.29, 1.82) is 0 Å². The van der Waals surface area contributed by atoms with Gasteiger partial charge in [0, 0.05) is 16.1 Å². The van der Waals surface area contributed by atoms with Crippen LogP contribution in [-0.2, 0) is 0 Å². The van der Waals surface area contributed by atoms with Gasteiger partial charge in [-0.05, 0) is 30.3 Å². The second kappa shape index (κ2) is 4.78. The first kappa shape index (κ1) is 12.0. The van der Waals surface area contributed by atoms with E-state index in [9.17, 15) is 4.79 Å². The predicted octanol–water partition coefficient (Wildman–Crippen LogP) is 3.81. The molecule has 0 bridgehead atoms. The third kappa shape index (κ3) is 2.60. The van der Waals surface area contributed by atoms with Gasteiger partial charge in [-0.2, -0.15) is 0 Å². The smallest absolute Gasteiger partial charge is 0.193 e. The van der Waals surface area contributed by atoms with E-state index in [1.807, 2.05) is 0 Å². The van der Waals surface area contributed by atoms with E-state index in [1.165, 1.54) is 0 Å². The zero-order valence-corrected chi connectivity index (χ0v) is 10.3. The monoisotopic (exact) mass is 265 g/mol. The quantitative estimate of drug-likeness (QED) is 0.663. The van der Waals surface area contributed by atoms with Crippen LogP contribution >= 0.6 is 23.2 Å². The predicted molar refractivity (Wildman–Crippen MR) is 70.7 cm³/mol. The molecule has 4 heteroatoms. The van der Waals surface area contributed by atoms with Crippen molar-refractivity contribution >= 4 is 34.7 Å². The van der Waals surface area contributed by atoms with Crippen molar-refractivity contribution in [3.63, 3.8) is 0 Å². The van der Waals surface area contributed by atoms with Gasteiger partial charge in [0.25, 0.3) is 0 Å². The lowest BCUT2D eigenvalue weighted by Gasteiger charge is -2.04. The number of rotatable bonds is 2. The number of benzene rings is 2. The summed E-state index contributed by atoms with van der Waals surface area (Å²) in [5.74, 6) is -0.130. The summed E-state index contributed by atoms with van der Waals surface area (Å²) >= 11 is 11.7. The molecular weight excluding hydrogens is 257 g/mol. The van der Waals surface area contributed by atoms with E-state index in [2.05, 4.69) is 0 Å². The van der Waals surface area contributed by atoms with Crippen LogP contribution in [0.3, 0.4) is 0 Å². The Labute approximate surface area is 109 Å². The second-order valence-corrected chi connectivity index (χ2v) is 4.42. The van der Waals surface area contributed by atoms with Gasteiger partial charge in [-0.1, -0.05) is 35.3 Å². The molecule has 0 atom stereocenters. The molecular formula is C13H9Cl2NO. The highest BCUT2D eigenvalue weighted by atomic mass is 35.5. The molecule has 0 aliphatic heterocycles. The molecule has 17 heavy (non-hydrogen) atoms. The minimum Gasteiger partial charge on any atom is -0.398 e. The topological polar surface area (TPSA) is 43.1 Å². The number of ketones is 1. The molecule has 2 N–H and O–H groups in total. The molecule has 0 aliphatic carbocycles. The number of anilines is 1. The Morgan fingerprint density at radius 1 is 1.00 bits per heavy atom. The number of hydrogen-bond acceptors (Lipinski definition) is 2. The van der Waals surface area contributed by atoms with E-state index in [0.717, 1.165) is 0 Å². The number of carbonyl (C=O) groups is 1. The molecule has 0 aliphatic rings. The van der Waals surface area contributed by atoms with Crippen molar-refractivity contribution in [2.75, 3.05) is 5.73 Å². The first-order chi connectivity index (χ1) is 8.08. The summed E-state index contributed by atoms with van der Waals surface area (Å²) in [7, 11) is 0. The Bertz CT molecular complexity index is 581. The Morgan fingerprint density at radius 2 is 1.71 bits per heavy atom. The van der Waals surface area contributed by atoms with Gasteiger partial charge in [-0.3, -0.25) is 4.79 Å². The van der Waals surface area contributed by atoms with Crippen LogP contribution in [0, 0.1) is 0 Å². The summed E-state index contributed by atoms with van der Waals surface area (Å²) in [5.41, 5.74) is 7.06. The van der Waals surface area contributed by atoms with Crippen molar-refractivity contribution in [2.45, 2.75) is 0 Å². The zero-order valence-electron chi connectivity index (χ0n) is 8.78. The highest BCUT2D eigenvalue weighted by Crippen LogP contribution is 2.22. The van der Waals surface area contributed by atoms with Gasteiger partial charge in [-0.25, -0.2) is 0 Å². The number of hydrogen-bond donors (Lipinski definition) is 1. The maximum atomic E-state index is 12.1. The lowest BCUT2D eigenvalue weighted by molar-refractivity contribution is 0.103. The summed E-state index contributed by atoms with van der Waals surface area (Å²) in [5, 5.41) is 0.898. The molecule has 0 spiro atoms. The molecule has 2 rings (SSSR count). The fourth-order valence-electron chi connectivity index (χ4n) is 1.46. The van der Waals surface area contributed by atoms with Crippen molar-refractivity contribution in [1.82, 2.24) is 0 Å². The van der Waals surface area contributed by atoms with Crippen molar-refractivity contribution in [3.8, 4) is 0 Å². The fourth-order valence-corrected chi connectivity index (χ4v) is 1.84. The van der Waals surface area contributed by atoms with Gasteiger partial charge in [0.15, 0.2) is 5.78 Å². The van der Waals surface area contributed by atoms with Crippen LogP contribution in [0.2, 0.25) is 10.0 Å². The lowest BCUT2D eigenvalue weighted by Crippen LogP contribution is -2.01. The SMILES string of the molecule is Nc1ccc(C(=O)c2cccc(Cl)c2)cc1Cl.